The van der Waals surface area contributed by atoms with E-state index in [1.54, 1.807) is 18.9 Å². The fraction of sp³-hybridized carbons (Fsp3) is 0.375. The van der Waals surface area contributed by atoms with Crippen LogP contribution >= 0.6 is 0 Å². The minimum Gasteiger partial charge on any atom is -0.342 e. The molecule has 0 N–H and O–H groups in total. The summed E-state index contributed by atoms with van der Waals surface area (Å²) in [5, 5.41) is 0. The van der Waals surface area contributed by atoms with E-state index in [1.165, 1.54) is 0 Å². The Bertz CT molecular complexity index is 521. The average molecular weight is 257 g/mol. The van der Waals surface area contributed by atoms with Crippen molar-refractivity contribution in [3.8, 4) is 0 Å². The number of hydrogen-bond acceptors (Lipinski definition) is 2. The van der Waals surface area contributed by atoms with E-state index < -0.39 is 5.41 Å². The zero-order chi connectivity index (χ0) is 14.0. The van der Waals surface area contributed by atoms with Crippen molar-refractivity contribution in [2.24, 2.45) is 0 Å². The number of carbonyl (C=O) groups excluding carboxylic acids is 2. The normalized spacial score (nSPS) is 23.6. The van der Waals surface area contributed by atoms with Gasteiger partial charge in [0.2, 0.25) is 5.91 Å². The Balaban J connectivity index is 2.50. The van der Waals surface area contributed by atoms with Crippen molar-refractivity contribution in [2.75, 3.05) is 13.6 Å². The average Bonchev–Trinajstić information content (AvgIpc) is 2.40. The zero-order valence-electron chi connectivity index (χ0n) is 11.5. The Labute approximate surface area is 113 Å². The highest BCUT2D eigenvalue weighted by Gasteiger charge is 2.43. The second-order valence-corrected chi connectivity index (χ2v) is 5.28. The molecule has 1 unspecified atom stereocenters. The van der Waals surface area contributed by atoms with Crippen LogP contribution in [0.4, 0.5) is 0 Å². The highest BCUT2D eigenvalue weighted by molar-refractivity contribution is 5.97. The number of amides is 1. The summed E-state index contributed by atoms with van der Waals surface area (Å²) in [5.41, 5.74) is 1.01. The van der Waals surface area contributed by atoms with Crippen molar-refractivity contribution in [3.63, 3.8) is 0 Å². The largest absolute Gasteiger partial charge is 0.342 e. The van der Waals surface area contributed by atoms with Crippen molar-refractivity contribution in [1.29, 1.82) is 0 Å². The number of likely N-dealkylation sites (tertiary alicyclic amines) is 1. The topological polar surface area (TPSA) is 37.4 Å². The number of carbonyl (C=O) groups is 2. The smallest absolute Gasteiger partial charge is 0.249 e. The van der Waals surface area contributed by atoms with Crippen molar-refractivity contribution in [2.45, 2.75) is 25.2 Å². The number of nitrogens with zero attached hydrogens (tertiary/aromatic N) is 1. The van der Waals surface area contributed by atoms with Crippen LogP contribution in [0.25, 0.3) is 0 Å². The van der Waals surface area contributed by atoms with Crippen LogP contribution in [0.3, 0.4) is 0 Å². The van der Waals surface area contributed by atoms with E-state index in [1.807, 2.05) is 30.3 Å². The lowest BCUT2D eigenvalue weighted by Crippen LogP contribution is -2.47. The Kier molecular flexibility index (Phi) is 3.56. The molecule has 0 saturated carbocycles. The Hall–Kier alpha value is -1.90. The number of hydrogen-bond donors (Lipinski definition) is 0. The summed E-state index contributed by atoms with van der Waals surface area (Å²) in [6, 6.07) is 9.77. The van der Waals surface area contributed by atoms with E-state index in [4.69, 9.17) is 0 Å². The molecule has 1 aliphatic rings. The maximum Gasteiger partial charge on any atom is 0.249 e. The van der Waals surface area contributed by atoms with Gasteiger partial charge in [0, 0.05) is 31.0 Å². The first-order chi connectivity index (χ1) is 8.97. The SMILES string of the molecule is C=C1C(=O)N(C)CCC1(CC(C)=O)c1ccccc1. The molecular formula is C16H19NO2. The van der Waals surface area contributed by atoms with Gasteiger partial charge >= 0.3 is 0 Å². The molecule has 100 valence electrons. The van der Waals surface area contributed by atoms with Gasteiger partial charge in [-0.3, -0.25) is 9.59 Å². The van der Waals surface area contributed by atoms with E-state index in [2.05, 4.69) is 6.58 Å². The van der Waals surface area contributed by atoms with E-state index in [0.29, 0.717) is 18.5 Å². The lowest BCUT2D eigenvalue weighted by atomic mass is 9.67. The summed E-state index contributed by atoms with van der Waals surface area (Å²) >= 11 is 0. The predicted octanol–water partition coefficient (Wildman–Crippen LogP) is 2.32. The van der Waals surface area contributed by atoms with Crippen LogP contribution in [-0.2, 0) is 15.0 Å². The summed E-state index contributed by atoms with van der Waals surface area (Å²) in [7, 11) is 1.77. The van der Waals surface area contributed by atoms with Gasteiger partial charge in [-0.1, -0.05) is 36.9 Å². The summed E-state index contributed by atoms with van der Waals surface area (Å²) in [4.78, 5) is 25.5. The van der Waals surface area contributed by atoms with E-state index in [0.717, 1.165) is 12.0 Å². The first kappa shape index (κ1) is 13.5. The van der Waals surface area contributed by atoms with Crippen LogP contribution in [0, 0.1) is 0 Å². The maximum atomic E-state index is 12.2. The molecule has 1 amide bonds. The highest BCUT2D eigenvalue weighted by Crippen LogP contribution is 2.42. The third-order valence-electron chi connectivity index (χ3n) is 3.93. The molecule has 1 aliphatic heterocycles. The van der Waals surface area contributed by atoms with Crippen LogP contribution in [0.5, 0.6) is 0 Å². The Morgan fingerprint density at radius 3 is 2.58 bits per heavy atom. The highest BCUT2D eigenvalue weighted by atomic mass is 16.2. The summed E-state index contributed by atoms with van der Waals surface area (Å²) < 4.78 is 0. The molecule has 3 heteroatoms. The summed E-state index contributed by atoms with van der Waals surface area (Å²) in [5.74, 6) is 0.0266. The van der Waals surface area contributed by atoms with Crippen molar-refractivity contribution < 1.29 is 9.59 Å². The van der Waals surface area contributed by atoms with Gasteiger partial charge in [0.15, 0.2) is 0 Å². The van der Waals surface area contributed by atoms with Gasteiger partial charge in [-0.2, -0.15) is 0 Å². The molecule has 2 rings (SSSR count). The molecule has 3 nitrogen and oxygen atoms in total. The molecule has 1 saturated heterocycles. The molecule has 1 aromatic rings. The van der Waals surface area contributed by atoms with Crippen molar-refractivity contribution in [3.05, 3.63) is 48.0 Å². The van der Waals surface area contributed by atoms with Crippen LogP contribution in [-0.4, -0.2) is 30.2 Å². The van der Waals surface area contributed by atoms with E-state index in [9.17, 15) is 9.59 Å². The van der Waals surface area contributed by atoms with Gasteiger partial charge in [0.05, 0.1) is 0 Å². The van der Waals surface area contributed by atoms with Crippen LogP contribution in [0.1, 0.15) is 25.3 Å². The van der Waals surface area contributed by atoms with E-state index >= 15 is 0 Å². The van der Waals surface area contributed by atoms with Gasteiger partial charge in [-0.15, -0.1) is 0 Å². The molecule has 0 bridgehead atoms. The monoisotopic (exact) mass is 257 g/mol. The first-order valence-corrected chi connectivity index (χ1v) is 6.47. The number of benzene rings is 1. The number of likely N-dealkylation sites (N-methyl/N-ethyl adjacent to an activating group) is 1. The van der Waals surface area contributed by atoms with Crippen LogP contribution < -0.4 is 0 Å². The summed E-state index contributed by atoms with van der Waals surface area (Å²) in [6.45, 7) is 6.21. The number of rotatable bonds is 3. The fourth-order valence-electron chi connectivity index (χ4n) is 2.84. The van der Waals surface area contributed by atoms with Crippen molar-refractivity contribution in [1.82, 2.24) is 4.90 Å². The third-order valence-corrected chi connectivity index (χ3v) is 3.93. The molecule has 1 fully saturated rings. The van der Waals surface area contributed by atoms with Gasteiger partial charge in [0.25, 0.3) is 0 Å². The quantitative estimate of drug-likeness (QED) is 0.779. The molecule has 1 aromatic carbocycles. The number of piperidine rings is 1. The van der Waals surface area contributed by atoms with Crippen LogP contribution in [0.15, 0.2) is 42.5 Å². The minimum atomic E-state index is -0.531. The molecule has 0 aliphatic carbocycles. The molecule has 0 radical (unpaired) electrons. The number of Topliss-reactive ketones (excluding diaryl/α,β-unsaturated/α-hetero) is 1. The molecule has 1 heterocycles. The second kappa shape index (κ2) is 5.00. The third kappa shape index (κ3) is 2.33. The lowest BCUT2D eigenvalue weighted by Gasteiger charge is -2.41. The van der Waals surface area contributed by atoms with Gasteiger partial charge < -0.3 is 4.90 Å². The first-order valence-electron chi connectivity index (χ1n) is 6.47. The van der Waals surface area contributed by atoms with Gasteiger partial charge in [0.1, 0.15) is 5.78 Å². The Morgan fingerprint density at radius 2 is 2.00 bits per heavy atom. The molecule has 0 aromatic heterocycles. The molecule has 19 heavy (non-hydrogen) atoms. The van der Waals surface area contributed by atoms with Gasteiger partial charge in [-0.25, -0.2) is 0 Å². The predicted molar refractivity (Wildman–Crippen MR) is 74.8 cm³/mol. The molecule has 1 atom stereocenters. The lowest BCUT2D eigenvalue weighted by molar-refractivity contribution is -0.129. The standard InChI is InChI=1S/C16H19NO2/c1-12(18)11-16(14-7-5-4-6-8-14)9-10-17(3)15(19)13(16)2/h4-8H,2,9-11H2,1,3H3. The minimum absolute atomic E-state index is 0.0589. The molecule has 0 spiro atoms. The van der Waals surface area contributed by atoms with Crippen LogP contribution in [0.2, 0.25) is 0 Å². The fourth-order valence-corrected chi connectivity index (χ4v) is 2.84. The maximum absolute atomic E-state index is 12.2. The summed E-state index contributed by atoms with van der Waals surface area (Å²) in [6.07, 6.45) is 1.09. The zero-order valence-corrected chi connectivity index (χ0v) is 11.5. The molecular weight excluding hydrogens is 238 g/mol. The van der Waals surface area contributed by atoms with Crippen molar-refractivity contribution >= 4 is 11.7 Å². The van der Waals surface area contributed by atoms with E-state index in [-0.39, 0.29) is 11.7 Å². The van der Waals surface area contributed by atoms with Gasteiger partial charge in [-0.05, 0) is 18.9 Å². The Morgan fingerprint density at radius 1 is 1.37 bits per heavy atom. The number of ketones is 1. The second-order valence-electron chi connectivity index (χ2n) is 5.28.